The number of anilines is 1. The molecular formula is C9H11ClN2S. The van der Waals surface area contributed by atoms with Crippen LogP contribution >= 0.6 is 23.8 Å². The fourth-order valence-electron chi connectivity index (χ4n) is 1.02. The maximum atomic E-state index is 6.01. The Labute approximate surface area is 88.3 Å². The minimum atomic E-state index is 0.368. The second kappa shape index (κ2) is 3.94. The molecule has 0 aliphatic heterocycles. The van der Waals surface area contributed by atoms with Crippen LogP contribution in [0.25, 0.3) is 0 Å². The highest BCUT2D eigenvalue weighted by atomic mass is 35.5. The van der Waals surface area contributed by atoms with Gasteiger partial charge in [0.1, 0.15) is 4.99 Å². The van der Waals surface area contributed by atoms with E-state index in [0.717, 1.165) is 11.3 Å². The van der Waals surface area contributed by atoms with Crippen LogP contribution < -0.4 is 10.6 Å². The number of halogens is 1. The Morgan fingerprint density at radius 1 is 1.46 bits per heavy atom. The summed E-state index contributed by atoms with van der Waals surface area (Å²) in [6, 6.07) is 5.54. The van der Waals surface area contributed by atoms with Gasteiger partial charge in [-0.05, 0) is 18.2 Å². The Balaban J connectivity index is 3.13. The van der Waals surface area contributed by atoms with Gasteiger partial charge < -0.3 is 10.6 Å². The van der Waals surface area contributed by atoms with Crippen LogP contribution in [0.1, 0.15) is 5.56 Å². The molecule has 0 saturated heterocycles. The summed E-state index contributed by atoms with van der Waals surface area (Å²) in [5.41, 5.74) is 7.22. The van der Waals surface area contributed by atoms with Crippen molar-refractivity contribution in [1.29, 1.82) is 0 Å². The molecule has 0 saturated carbocycles. The summed E-state index contributed by atoms with van der Waals surface area (Å²) >= 11 is 10.8. The average molecular weight is 215 g/mol. The molecule has 0 fully saturated rings. The first kappa shape index (κ1) is 10.3. The highest BCUT2D eigenvalue weighted by molar-refractivity contribution is 7.80. The maximum absolute atomic E-state index is 6.01. The minimum Gasteiger partial charge on any atom is -0.389 e. The first-order valence-electron chi connectivity index (χ1n) is 3.79. The van der Waals surface area contributed by atoms with Crippen LogP contribution in [0.2, 0.25) is 5.02 Å². The molecule has 0 aliphatic rings. The van der Waals surface area contributed by atoms with Gasteiger partial charge in [0.25, 0.3) is 0 Å². The first-order valence-corrected chi connectivity index (χ1v) is 4.57. The lowest BCUT2D eigenvalue weighted by Gasteiger charge is -2.14. The van der Waals surface area contributed by atoms with Crippen molar-refractivity contribution in [2.45, 2.75) is 0 Å². The molecule has 0 aromatic heterocycles. The van der Waals surface area contributed by atoms with Crippen molar-refractivity contribution in [2.24, 2.45) is 5.73 Å². The summed E-state index contributed by atoms with van der Waals surface area (Å²) in [6.45, 7) is 0. The molecule has 70 valence electrons. The van der Waals surface area contributed by atoms with E-state index in [2.05, 4.69) is 0 Å². The lowest BCUT2D eigenvalue weighted by atomic mass is 10.2. The largest absolute Gasteiger partial charge is 0.389 e. The second-order valence-corrected chi connectivity index (χ2v) is 3.77. The SMILES string of the molecule is CN(C)c1ccc(C(N)=S)cc1Cl. The molecule has 0 amide bonds. The molecule has 13 heavy (non-hydrogen) atoms. The van der Waals surface area contributed by atoms with Crippen LogP contribution in [-0.4, -0.2) is 19.1 Å². The fraction of sp³-hybridized carbons (Fsp3) is 0.222. The number of nitrogens with zero attached hydrogens (tertiary/aromatic N) is 1. The monoisotopic (exact) mass is 214 g/mol. The van der Waals surface area contributed by atoms with Crippen LogP contribution in [0, 0.1) is 0 Å². The Kier molecular flexibility index (Phi) is 3.12. The van der Waals surface area contributed by atoms with Crippen molar-refractivity contribution in [3.8, 4) is 0 Å². The van der Waals surface area contributed by atoms with Gasteiger partial charge in [0.15, 0.2) is 0 Å². The molecule has 1 aromatic rings. The third kappa shape index (κ3) is 2.32. The molecule has 1 aromatic carbocycles. The summed E-state index contributed by atoms with van der Waals surface area (Å²) < 4.78 is 0. The molecule has 4 heteroatoms. The number of hydrogen-bond donors (Lipinski definition) is 1. The first-order chi connectivity index (χ1) is 6.02. The van der Waals surface area contributed by atoms with E-state index in [4.69, 9.17) is 29.6 Å². The van der Waals surface area contributed by atoms with Crippen LogP contribution in [0.5, 0.6) is 0 Å². The van der Waals surface area contributed by atoms with Gasteiger partial charge in [0, 0.05) is 19.7 Å². The average Bonchev–Trinajstić information content (AvgIpc) is 2.03. The Hall–Kier alpha value is -0.800. The topological polar surface area (TPSA) is 29.3 Å². The number of hydrogen-bond acceptors (Lipinski definition) is 2. The zero-order chi connectivity index (χ0) is 10.0. The van der Waals surface area contributed by atoms with E-state index < -0.39 is 0 Å². The molecule has 0 aliphatic carbocycles. The van der Waals surface area contributed by atoms with E-state index in [-0.39, 0.29) is 0 Å². The lowest BCUT2D eigenvalue weighted by molar-refractivity contribution is 1.13. The van der Waals surface area contributed by atoms with Crippen LogP contribution in [0.15, 0.2) is 18.2 Å². The zero-order valence-corrected chi connectivity index (χ0v) is 9.12. The van der Waals surface area contributed by atoms with E-state index in [1.807, 2.05) is 31.1 Å². The molecule has 0 unspecified atom stereocenters. The van der Waals surface area contributed by atoms with Crippen LogP contribution in [0.4, 0.5) is 5.69 Å². The molecule has 2 N–H and O–H groups in total. The van der Waals surface area contributed by atoms with Crippen molar-refractivity contribution in [1.82, 2.24) is 0 Å². The second-order valence-electron chi connectivity index (χ2n) is 2.92. The Morgan fingerprint density at radius 2 is 2.08 bits per heavy atom. The van der Waals surface area contributed by atoms with E-state index in [0.29, 0.717) is 10.0 Å². The Morgan fingerprint density at radius 3 is 2.46 bits per heavy atom. The van der Waals surface area contributed by atoms with Gasteiger partial charge in [-0.3, -0.25) is 0 Å². The van der Waals surface area contributed by atoms with Crippen molar-refractivity contribution in [3.63, 3.8) is 0 Å². The predicted molar refractivity (Wildman–Crippen MR) is 61.7 cm³/mol. The molecule has 0 bridgehead atoms. The van der Waals surface area contributed by atoms with Gasteiger partial charge in [-0.2, -0.15) is 0 Å². The molecule has 0 atom stereocenters. The lowest BCUT2D eigenvalue weighted by Crippen LogP contribution is -2.12. The number of thiocarbonyl (C=S) groups is 1. The fourth-order valence-corrected chi connectivity index (χ4v) is 1.50. The third-order valence-electron chi connectivity index (χ3n) is 1.71. The van der Waals surface area contributed by atoms with Gasteiger partial charge in [0.05, 0.1) is 10.7 Å². The summed E-state index contributed by atoms with van der Waals surface area (Å²) in [6.07, 6.45) is 0. The van der Waals surface area contributed by atoms with Gasteiger partial charge in [-0.25, -0.2) is 0 Å². The van der Waals surface area contributed by atoms with Crippen molar-refractivity contribution >= 4 is 34.5 Å². The molecule has 0 radical (unpaired) electrons. The summed E-state index contributed by atoms with van der Waals surface area (Å²) in [4.78, 5) is 2.30. The summed E-state index contributed by atoms with van der Waals surface area (Å²) in [5.74, 6) is 0. The maximum Gasteiger partial charge on any atom is 0.104 e. The van der Waals surface area contributed by atoms with Gasteiger partial charge in [0.2, 0.25) is 0 Å². The van der Waals surface area contributed by atoms with E-state index >= 15 is 0 Å². The predicted octanol–water partition coefficient (Wildman–Crippen LogP) is 2.04. The standard InChI is InChI=1S/C9H11ClN2S/c1-12(2)8-4-3-6(9(11)13)5-7(8)10/h3-5H,1-2H3,(H2,11,13). The number of benzene rings is 1. The van der Waals surface area contributed by atoms with Crippen LogP contribution in [0.3, 0.4) is 0 Å². The molecule has 0 heterocycles. The normalized spacial score (nSPS) is 9.77. The number of rotatable bonds is 2. The molecule has 2 nitrogen and oxygen atoms in total. The van der Waals surface area contributed by atoms with Crippen molar-refractivity contribution in [2.75, 3.05) is 19.0 Å². The smallest absolute Gasteiger partial charge is 0.104 e. The van der Waals surface area contributed by atoms with Crippen molar-refractivity contribution in [3.05, 3.63) is 28.8 Å². The van der Waals surface area contributed by atoms with E-state index in [9.17, 15) is 0 Å². The van der Waals surface area contributed by atoms with Gasteiger partial charge in [-0.15, -0.1) is 0 Å². The van der Waals surface area contributed by atoms with Gasteiger partial charge >= 0.3 is 0 Å². The van der Waals surface area contributed by atoms with Gasteiger partial charge in [-0.1, -0.05) is 23.8 Å². The van der Waals surface area contributed by atoms with Crippen LogP contribution in [-0.2, 0) is 0 Å². The highest BCUT2D eigenvalue weighted by Crippen LogP contribution is 2.24. The third-order valence-corrected chi connectivity index (χ3v) is 2.25. The molecule has 0 spiro atoms. The quantitative estimate of drug-likeness (QED) is 0.765. The molecular weight excluding hydrogens is 204 g/mol. The highest BCUT2D eigenvalue weighted by Gasteiger charge is 2.04. The van der Waals surface area contributed by atoms with Crippen molar-refractivity contribution < 1.29 is 0 Å². The number of nitrogens with two attached hydrogens (primary N) is 1. The molecule has 1 rings (SSSR count). The van der Waals surface area contributed by atoms with E-state index in [1.54, 1.807) is 6.07 Å². The summed E-state index contributed by atoms with van der Waals surface area (Å²) in [5, 5.41) is 0.662. The summed E-state index contributed by atoms with van der Waals surface area (Å²) in [7, 11) is 3.86. The Bertz CT molecular complexity index is 336. The van der Waals surface area contributed by atoms with E-state index in [1.165, 1.54) is 0 Å². The minimum absolute atomic E-state index is 0.368. The zero-order valence-electron chi connectivity index (χ0n) is 7.54.